The molecular weight excluding hydrogens is 368 g/mol. The van der Waals surface area contributed by atoms with Crippen LogP contribution in [0.2, 0.25) is 0 Å². The number of benzene rings is 3. The predicted octanol–water partition coefficient (Wildman–Crippen LogP) is 6.12. The van der Waals surface area contributed by atoms with E-state index < -0.39 is 10.1 Å². The fraction of sp³-hybridized carbons (Fsp3) is 0.250. The second-order valence-electron chi connectivity index (χ2n) is 7.70. The highest BCUT2D eigenvalue weighted by atomic mass is 32.2. The lowest BCUT2D eigenvalue weighted by Crippen LogP contribution is -2.08. The molecule has 3 rings (SSSR count). The molecule has 0 aliphatic heterocycles. The van der Waals surface area contributed by atoms with Gasteiger partial charge in [-0.15, -0.1) is 0 Å². The maximum Gasteiger partial charge on any atom is 0.295 e. The van der Waals surface area contributed by atoms with E-state index >= 15 is 0 Å². The standard InChI is InChI=1S/C24H26O3S/c1-14-7-9-20(16(3)11-14)22-18(5)13-19(6)23(24(22)28(25,26)27)21-10-8-15(2)12-17(21)4/h7-13H,1-6H3,(H,25,26,27). The average molecular weight is 395 g/mol. The summed E-state index contributed by atoms with van der Waals surface area (Å²) in [5.74, 6) is 0. The van der Waals surface area contributed by atoms with Crippen molar-refractivity contribution in [3.8, 4) is 22.3 Å². The SMILES string of the molecule is Cc1ccc(-c2c(C)cc(C)c(-c3ccc(C)cc3C)c2S(=O)(=O)O)c(C)c1. The maximum atomic E-state index is 12.6. The van der Waals surface area contributed by atoms with Gasteiger partial charge in [0.1, 0.15) is 4.90 Å². The van der Waals surface area contributed by atoms with Crippen molar-refractivity contribution in [1.82, 2.24) is 0 Å². The van der Waals surface area contributed by atoms with E-state index in [9.17, 15) is 13.0 Å². The third-order valence-corrected chi connectivity index (χ3v) is 6.16. The lowest BCUT2D eigenvalue weighted by Gasteiger charge is -2.21. The van der Waals surface area contributed by atoms with Crippen molar-refractivity contribution in [3.63, 3.8) is 0 Å². The van der Waals surface area contributed by atoms with Gasteiger partial charge in [0.25, 0.3) is 10.1 Å². The van der Waals surface area contributed by atoms with Crippen LogP contribution in [-0.4, -0.2) is 13.0 Å². The van der Waals surface area contributed by atoms with Gasteiger partial charge in [0.15, 0.2) is 0 Å². The Kier molecular flexibility index (Phi) is 5.22. The zero-order valence-electron chi connectivity index (χ0n) is 17.2. The Hall–Kier alpha value is -2.43. The van der Waals surface area contributed by atoms with Gasteiger partial charge in [-0.2, -0.15) is 8.42 Å². The van der Waals surface area contributed by atoms with Gasteiger partial charge in [0, 0.05) is 11.1 Å². The first kappa shape index (κ1) is 20.3. The van der Waals surface area contributed by atoms with Gasteiger partial charge in [0.2, 0.25) is 0 Å². The molecule has 3 aromatic carbocycles. The molecule has 0 amide bonds. The van der Waals surface area contributed by atoms with Gasteiger partial charge in [0.05, 0.1) is 0 Å². The molecule has 0 saturated carbocycles. The van der Waals surface area contributed by atoms with Crippen LogP contribution in [0.3, 0.4) is 0 Å². The second-order valence-corrected chi connectivity index (χ2v) is 9.06. The molecule has 4 heteroatoms. The summed E-state index contributed by atoms with van der Waals surface area (Å²) in [4.78, 5) is -0.0103. The summed E-state index contributed by atoms with van der Waals surface area (Å²) in [7, 11) is -4.46. The van der Waals surface area contributed by atoms with Crippen LogP contribution in [0.15, 0.2) is 47.4 Å². The third kappa shape index (κ3) is 3.62. The third-order valence-electron chi connectivity index (χ3n) is 5.24. The molecule has 0 heterocycles. The molecule has 3 aromatic rings. The van der Waals surface area contributed by atoms with Crippen molar-refractivity contribution in [2.24, 2.45) is 0 Å². The van der Waals surface area contributed by atoms with E-state index in [1.807, 2.05) is 84.0 Å². The minimum absolute atomic E-state index is 0.0103. The van der Waals surface area contributed by atoms with Crippen molar-refractivity contribution in [3.05, 3.63) is 75.8 Å². The monoisotopic (exact) mass is 394 g/mol. The van der Waals surface area contributed by atoms with Crippen LogP contribution in [0.1, 0.15) is 33.4 Å². The largest absolute Gasteiger partial charge is 0.295 e. The molecule has 0 spiro atoms. The number of hydrogen-bond acceptors (Lipinski definition) is 2. The fourth-order valence-corrected chi connectivity index (χ4v) is 5.13. The highest BCUT2D eigenvalue weighted by molar-refractivity contribution is 7.86. The van der Waals surface area contributed by atoms with E-state index in [1.54, 1.807) is 0 Å². The van der Waals surface area contributed by atoms with E-state index in [-0.39, 0.29) is 4.90 Å². The van der Waals surface area contributed by atoms with E-state index in [1.165, 1.54) is 0 Å². The number of aryl methyl sites for hydroxylation is 6. The lowest BCUT2D eigenvalue weighted by molar-refractivity contribution is 0.483. The molecule has 28 heavy (non-hydrogen) atoms. The van der Waals surface area contributed by atoms with Crippen molar-refractivity contribution < 1.29 is 13.0 Å². The van der Waals surface area contributed by atoms with Gasteiger partial charge < -0.3 is 0 Å². The Morgan fingerprint density at radius 1 is 0.607 bits per heavy atom. The second kappa shape index (κ2) is 7.19. The van der Waals surface area contributed by atoms with Crippen molar-refractivity contribution in [1.29, 1.82) is 0 Å². The normalized spacial score (nSPS) is 11.7. The molecule has 0 fully saturated rings. The molecule has 0 unspecified atom stereocenters. The van der Waals surface area contributed by atoms with E-state index in [0.717, 1.165) is 44.5 Å². The van der Waals surface area contributed by atoms with Crippen molar-refractivity contribution >= 4 is 10.1 Å². The smallest absolute Gasteiger partial charge is 0.282 e. The fourth-order valence-electron chi connectivity index (χ4n) is 4.07. The molecule has 146 valence electrons. The summed E-state index contributed by atoms with van der Waals surface area (Å²) in [5.41, 5.74) is 8.59. The first-order valence-electron chi connectivity index (χ1n) is 9.27. The van der Waals surface area contributed by atoms with Crippen LogP contribution in [0.5, 0.6) is 0 Å². The van der Waals surface area contributed by atoms with Crippen LogP contribution in [-0.2, 0) is 10.1 Å². The van der Waals surface area contributed by atoms with Gasteiger partial charge in [-0.25, -0.2) is 0 Å². The van der Waals surface area contributed by atoms with Crippen LogP contribution >= 0.6 is 0 Å². The summed E-state index contributed by atoms with van der Waals surface area (Å²) in [6.45, 7) is 11.7. The van der Waals surface area contributed by atoms with Crippen molar-refractivity contribution in [2.45, 2.75) is 46.4 Å². The molecule has 0 aliphatic carbocycles. The molecule has 1 N–H and O–H groups in total. The zero-order chi connectivity index (χ0) is 20.8. The Labute approximate surface area is 167 Å². The van der Waals surface area contributed by atoms with Crippen molar-refractivity contribution in [2.75, 3.05) is 0 Å². The summed E-state index contributed by atoms with van der Waals surface area (Å²) in [6, 6.07) is 13.8. The van der Waals surface area contributed by atoms with Gasteiger partial charge in [-0.1, -0.05) is 53.6 Å². The van der Waals surface area contributed by atoms with E-state index in [2.05, 4.69) is 0 Å². The Morgan fingerprint density at radius 3 is 1.32 bits per heavy atom. The molecule has 0 atom stereocenters. The van der Waals surface area contributed by atoms with Crippen LogP contribution in [0, 0.1) is 41.5 Å². The topological polar surface area (TPSA) is 54.4 Å². The summed E-state index contributed by atoms with van der Waals surface area (Å²) >= 11 is 0. The molecule has 3 nitrogen and oxygen atoms in total. The molecule has 0 radical (unpaired) electrons. The quantitative estimate of drug-likeness (QED) is 0.545. The predicted molar refractivity (Wildman–Crippen MR) is 116 cm³/mol. The molecule has 0 aromatic heterocycles. The molecule has 0 aliphatic rings. The van der Waals surface area contributed by atoms with E-state index in [0.29, 0.717) is 11.1 Å². The highest BCUT2D eigenvalue weighted by Gasteiger charge is 2.27. The molecule has 0 saturated heterocycles. The van der Waals surface area contributed by atoms with Crippen LogP contribution < -0.4 is 0 Å². The summed E-state index contributed by atoms with van der Waals surface area (Å²) in [6.07, 6.45) is 0. The zero-order valence-corrected chi connectivity index (χ0v) is 18.0. The van der Waals surface area contributed by atoms with Crippen LogP contribution in [0.4, 0.5) is 0 Å². The van der Waals surface area contributed by atoms with Gasteiger partial charge >= 0.3 is 0 Å². The minimum Gasteiger partial charge on any atom is -0.282 e. The number of hydrogen-bond donors (Lipinski definition) is 1. The highest BCUT2D eigenvalue weighted by Crippen LogP contribution is 2.42. The van der Waals surface area contributed by atoms with E-state index in [4.69, 9.17) is 0 Å². The van der Waals surface area contributed by atoms with Crippen LogP contribution in [0.25, 0.3) is 22.3 Å². The average Bonchev–Trinajstić information content (AvgIpc) is 2.55. The van der Waals surface area contributed by atoms with Gasteiger partial charge in [-0.3, -0.25) is 4.55 Å². The summed E-state index contributed by atoms with van der Waals surface area (Å²) in [5, 5.41) is 0. The van der Waals surface area contributed by atoms with Gasteiger partial charge in [-0.05, 0) is 74.9 Å². The lowest BCUT2D eigenvalue weighted by atomic mass is 9.88. The maximum absolute atomic E-state index is 12.6. The Bertz CT molecular complexity index is 1110. The summed E-state index contributed by atoms with van der Waals surface area (Å²) < 4.78 is 35.6. The molecule has 0 bridgehead atoms. The molecular formula is C24H26O3S. The number of rotatable bonds is 3. The first-order chi connectivity index (χ1) is 13.0. The first-order valence-corrected chi connectivity index (χ1v) is 10.7. The Balaban J connectivity index is 2.52. The minimum atomic E-state index is -4.46. The Morgan fingerprint density at radius 2 is 1.00 bits per heavy atom.